The highest BCUT2D eigenvalue weighted by atomic mass is 16.5. The number of fused-ring (bicyclic) bond motifs is 8. The molecule has 0 atom stereocenters. The number of carbonyl (C=O) groups is 1. The number of aromatic amines is 2. The van der Waals surface area contributed by atoms with Crippen molar-refractivity contribution in [1.82, 2.24) is 19.9 Å². The molecule has 5 heterocycles. The molecular weight excluding hydrogens is 520 g/mol. The lowest BCUT2D eigenvalue weighted by Crippen LogP contribution is -2.05. The van der Waals surface area contributed by atoms with Crippen molar-refractivity contribution in [3.05, 3.63) is 83.5 Å². The number of nitrogens with zero attached hydrogens (tertiary/aromatic N) is 2. The van der Waals surface area contributed by atoms with E-state index in [0.29, 0.717) is 12.2 Å². The largest absolute Gasteiger partial charge is 0.462 e. The van der Waals surface area contributed by atoms with Crippen LogP contribution in [0, 0.1) is 0 Å². The van der Waals surface area contributed by atoms with Crippen LogP contribution in [0.25, 0.3) is 46.4 Å². The molecule has 5 rings (SSSR count). The first-order valence-corrected chi connectivity index (χ1v) is 15.4. The van der Waals surface area contributed by atoms with Crippen molar-refractivity contribution in [3.8, 4) is 0 Å². The average Bonchev–Trinajstić information content (AvgIpc) is 3.78. The fourth-order valence-corrected chi connectivity index (χ4v) is 4.82. The van der Waals surface area contributed by atoms with Crippen molar-refractivity contribution in [1.29, 1.82) is 0 Å². The minimum atomic E-state index is -0.258. The molecule has 42 heavy (non-hydrogen) atoms. The number of rotatable bonds is 12. The van der Waals surface area contributed by atoms with Gasteiger partial charge < -0.3 is 14.7 Å². The number of H-pyrrole nitrogens is 2. The van der Waals surface area contributed by atoms with Gasteiger partial charge in [0, 0.05) is 27.6 Å². The summed E-state index contributed by atoms with van der Waals surface area (Å²) in [6.45, 7) is 8.03. The summed E-state index contributed by atoms with van der Waals surface area (Å²) >= 11 is 0. The molecule has 2 N–H and O–H groups in total. The van der Waals surface area contributed by atoms with Gasteiger partial charge in [-0.2, -0.15) is 0 Å². The molecule has 0 unspecified atom stereocenters. The highest BCUT2D eigenvalue weighted by Gasteiger charge is 2.02. The quantitative estimate of drug-likeness (QED) is 0.0897. The molecular formula is C36H44N4O2. The zero-order valence-electron chi connectivity index (χ0n) is 25.1. The minimum absolute atomic E-state index is 0.258. The third kappa shape index (κ3) is 10.3. The molecule has 0 spiro atoms. The van der Waals surface area contributed by atoms with Crippen LogP contribution in [0.15, 0.2) is 60.7 Å². The number of carbonyl (C=O) groups excluding carboxylic acids is 1. The van der Waals surface area contributed by atoms with Crippen LogP contribution in [-0.4, -0.2) is 32.5 Å². The van der Waals surface area contributed by atoms with E-state index in [2.05, 4.69) is 57.7 Å². The Labute approximate surface area is 249 Å². The molecule has 0 aromatic carbocycles. The normalized spacial score (nSPS) is 11.7. The number of hydrogen-bond acceptors (Lipinski definition) is 4. The maximum Gasteiger partial charge on any atom is 0.333 e. The molecule has 6 nitrogen and oxygen atoms in total. The number of nitrogens with one attached hydrogen (secondary N) is 2. The van der Waals surface area contributed by atoms with E-state index in [1.807, 2.05) is 48.6 Å². The second kappa shape index (κ2) is 16.3. The Kier molecular flexibility index (Phi) is 11.9. The molecule has 0 aliphatic carbocycles. The molecule has 2 aliphatic rings. The Morgan fingerprint density at radius 3 is 1.36 bits per heavy atom. The first-order chi connectivity index (χ1) is 20.5. The average molecular weight is 565 g/mol. The van der Waals surface area contributed by atoms with Crippen LogP contribution in [-0.2, 0) is 9.53 Å². The summed E-state index contributed by atoms with van der Waals surface area (Å²) in [5.41, 5.74) is 8.35. The van der Waals surface area contributed by atoms with E-state index in [0.717, 1.165) is 51.3 Å². The molecule has 0 saturated heterocycles. The Morgan fingerprint density at radius 2 is 1.00 bits per heavy atom. The smallest absolute Gasteiger partial charge is 0.333 e. The number of aromatic nitrogens is 4. The van der Waals surface area contributed by atoms with Crippen molar-refractivity contribution in [2.75, 3.05) is 6.61 Å². The van der Waals surface area contributed by atoms with Crippen molar-refractivity contribution < 1.29 is 9.53 Å². The Hall–Kier alpha value is -4.19. The standard InChI is InChI=1S/C20H14N4.C16H30O2/c1-2-14-10-16-5-6-18(23-16)12-20-8-7-19(24-20)11-17-4-3-15(22-17)9-13(1)21-14;1-4-5-6-7-8-9-10-11-12-13-14-18-16(17)15(2)3/h1-12,21,24H;2,4-14H2,1,3H3. The van der Waals surface area contributed by atoms with Gasteiger partial charge in [0.2, 0.25) is 0 Å². The Bertz CT molecular complexity index is 1380. The van der Waals surface area contributed by atoms with E-state index < -0.39 is 0 Å². The van der Waals surface area contributed by atoms with E-state index in [-0.39, 0.29) is 5.97 Å². The zero-order valence-corrected chi connectivity index (χ0v) is 25.1. The molecule has 220 valence electrons. The lowest BCUT2D eigenvalue weighted by Gasteiger charge is -2.04. The summed E-state index contributed by atoms with van der Waals surface area (Å²) < 4.78 is 5.04. The first-order valence-electron chi connectivity index (χ1n) is 15.4. The number of hydrogen-bond donors (Lipinski definition) is 2. The van der Waals surface area contributed by atoms with Gasteiger partial charge in [-0.15, -0.1) is 0 Å². The third-order valence-corrected chi connectivity index (χ3v) is 7.12. The lowest BCUT2D eigenvalue weighted by molar-refractivity contribution is -0.139. The number of esters is 1. The molecule has 0 amide bonds. The summed E-state index contributed by atoms with van der Waals surface area (Å²) in [5, 5.41) is 0. The maximum atomic E-state index is 11.1. The lowest BCUT2D eigenvalue weighted by atomic mass is 10.1. The van der Waals surface area contributed by atoms with Gasteiger partial charge in [0.1, 0.15) is 0 Å². The van der Waals surface area contributed by atoms with Crippen molar-refractivity contribution in [2.24, 2.45) is 0 Å². The summed E-state index contributed by atoms with van der Waals surface area (Å²) in [4.78, 5) is 27.1. The van der Waals surface area contributed by atoms with Crippen LogP contribution in [0.5, 0.6) is 0 Å². The van der Waals surface area contributed by atoms with E-state index in [4.69, 9.17) is 4.74 Å². The molecule has 0 radical (unpaired) electrons. The van der Waals surface area contributed by atoms with Gasteiger partial charge in [0.15, 0.2) is 0 Å². The molecule has 6 heteroatoms. The van der Waals surface area contributed by atoms with Crippen LogP contribution >= 0.6 is 0 Å². The monoisotopic (exact) mass is 564 g/mol. The third-order valence-electron chi connectivity index (χ3n) is 7.12. The van der Waals surface area contributed by atoms with Crippen molar-refractivity contribution >= 4 is 52.3 Å². The van der Waals surface area contributed by atoms with E-state index in [9.17, 15) is 4.79 Å². The predicted octanol–water partition coefficient (Wildman–Crippen LogP) is 9.68. The van der Waals surface area contributed by atoms with Gasteiger partial charge >= 0.3 is 5.97 Å². The van der Waals surface area contributed by atoms with Gasteiger partial charge in [-0.05, 0) is 86.2 Å². The first kappa shape index (κ1) is 30.8. The summed E-state index contributed by atoms with van der Waals surface area (Å²) in [6, 6.07) is 16.4. The Balaban J connectivity index is 0.000000204. The van der Waals surface area contributed by atoms with Crippen LogP contribution < -0.4 is 0 Å². The highest BCUT2D eigenvalue weighted by Crippen LogP contribution is 2.17. The van der Waals surface area contributed by atoms with Gasteiger partial charge in [-0.1, -0.05) is 71.3 Å². The minimum Gasteiger partial charge on any atom is -0.462 e. The number of unbranched alkanes of at least 4 members (excludes halogenated alkanes) is 9. The van der Waals surface area contributed by atoms with E-state index in [1.165, 1.54) is 57.8 Å². The van der Waals surface area contributed by atoms with Crippen molar-refractivity contribution in [2.45, 2.75) is 78.1 Å². The van der Waals surface area contributed by atoms with Gasteiger partial charge in [0.05, 0.1) is 29.4 Å². The highest BCUT2D eigenvalue weighted by molar-refractivity contribution is 5.86. The molecule has 0 saturated carbocycles. The molecule has 3 aromatic rings. The van der Waals surface area contributed by atoms with Gasteiger partial charge in [-0.3, -0.25) is 0 Å². The number of ether oxygens (including phenoxy) is 1. The zero-order chi connectivity index (χ0) is 29.6. The second-order valence-electron chi connectivity index (χ2n) is 11.0. The molecule has 8 bridgehead atoms. The maximum absolute atomic E-state index is 11.1. The topological polar surface area (TPSA) is 83.7 Å². The van der Waals surface area contributed by atoms with Crippen LogP contribution in [0.2, 0.25) is 0 Å². The van der Waals surface area contributed by atoms with Crippen LogP contribution in [0.1, 0.15) is 101 Å². The van der Waals surface area contributed by atoms with E-state index >= 15 is 0 Å². The van der Waals surface area contributed by atoms with Crippen molar-refractivity contribution in [3.63, 3.8) is 0 Å². The summed E-state index contributed by atoms with van der Waals surface area (Å²) in [5.74, 6) is -0.258. The van der Waals surface area contributed by atoms with Gasteiger partial charge in [0.25, 0.3) is 0 Å². The van der Waals surface area contributed by atoms with Crippen LogP contribution in [0.3, 0.4) is 0 Å². The molecule has 2 aliphatic heterocycles. The van der Waals surface area contributed by atoms with E-state index in [1.54, 1.807) is 6.92 Å². The summed E-state index contributed by atoms with van der Waals surface area (Å²) in [6.07, 6.45) is 21.0. The van der Waals surface area contributed by atoms with Crippen LogP contribution in [0.4, 0.5) is 0 Å². The SMILES string of the molecule is C1=Cc2cc3ccc(cc4nc(cc5ccc(cc1n2)[nH]5)C=C4)[nH]3.C=C(C)C(=O)OCCCCCCCCCCCC. The Morgan fingerprint density at radius 1 is 0.643 bits per heavy atom. The molecule has 3 aromatic heterocycles. The second-order valence-corrected chi connectivity index (χ2v) is 11.0. The van der Waals surface area contributed by atoms with Gasteiger partial charge in [-0.25, -0.2) is 14.8 Å². The fraction of sp³-hybridized carbons (Fsp3) is 0.361. The fourth-order valence-electron chi connectivity index (χ4n) is 4.82. The molecule has 0 fully saturated rings. The predicted molar refractivity (Wildman–Crippen MR) is 176 cm³/mol. The summed E-state index contributed by atoms with van der Waals surface area (Å²) in [7, 11) is 0.